The monoisotopic (exact) mass is 370 g/mol. The van der Waals surface area contributed by atoms with Crippen molar-refractivity contribution in [1.82, 2.24) is 4.57 Å². The first kappa shape index (κ1) is 20.4. The molecule has 1 aromatic heterocycles. The van der Waals surface area contributed by atoms with E-state index in [-0.39, 0.29) is 23.6 Å². The van der Waals surface area contributed by atoms with Crippen molar-refractivity contribution in [2.24, 2.45) is 5.92 Å². The normalized spacial score (nSPS) is 10.7. The molecule has 2 aromatic rings. The summed E-state index contributed by atoms with van der Waals surface area (Å²) in [7, 11) is 0. The number of Topliss-reactive ketones (excluding diaryl/α,β-unsaturated/α-hetero) is 1. The first-order chi connectivity index (χ1) is 12.8. The Kier molecular flexibility index (Phi) is 6.93. The van der Waals surface area contributed by atoms with E-state index in [1.807, 2.05) is 11.5 Å². The fraction of sp³-hybridized carbons (Fsp3) is 0.381. The van der Waals surface area contributed by atoms with Gasteiger partial charge in [0.1, 0.15) is 0 Å². The second-order valence-electron chi connectivity index (χ2n) is 6.94. The summed E-state index contributed by atoms with van der Waals surface area (Å²) in [6.45, 7) is 8.05. The molecule has 0 atom stereocenters. The number of hydrogen-bond acceptors (Lipinski definition) is 4. The highest BCUT2D eigenvalue weighted by Gasteiger charge is 2.12. The lowest BCUT2D eigenvalue weighted by atomic mass is 10.1. The molecule has 27 heavy (non-hydrogen) atoms. The van der Waals surface area contributed by atoms with E-state index in [1.54, 1.807) is 30.5 Å². The molecule has 0 aliphatic carbocycles. The van der Waals surface area contributed by atoms with Crippen molar-refractivity contribution in [3.8, 4) is 5.75 Å². The standard InChI is InChI=1S/C21H26N2O4/c1-14(2)8-10-23-11-9-19(25)21(15(23)3)27-13-20(26)22-18-7-5-6-17(12-18)16(4)24/h5-7,9,11-12,14H,8,10,13H2,1-4H3,(H,22,26). The highest BCUT2D eigenvalue weighted by Crippen LogP contribution is 2.15. The number of benzene rings is 1. The molecule has 0 bridgehead atoms. The second-order valence-corrected chi connectivity index (χ2v) is 6.94. The van der Waals surface area contributed by atoms with Crippen molar-refractivity contribution in [2.45, 2.75) is 40.7 Å². The quantitative estimate of drug-likeness (QED) is 0.722. The van der Waals surface area contributed by atoms with E-state index in [2.05, 4.69) is 19.2 Å². The Bertz CT molecular complexity index is 884. The minimum atomic E-state index is -0.396. The predicted octanol–water partition coefficient (Wildman–Crippen LogP) is 3.42. The number of nitrogens with zero attached hydrogens (tertiary/aromatic N) is 1. The van der Waals surface area contributed by atoms with Crippen molar-refractivity contribution in [3.63, 3.8) is 0 Å². The fourth-order valence-electron chi connectivity index (χ4n) is 2.62. The Balaban J connectivity index is 2.04. The number of anilines is 1. The van der Waals surface area contributed by atoms with Gasteiger partial charge < -0.3 is 14.6 Å². The maximum Gasteiger partial charge on any atom is 0.262 e. The highest BCUT2D eigenvalue weighted by molar-refractivity contribution is 5.97. The van der Waals surface area contributed by atoms with Crippen molar-refractivity contribution >= 4 is 17.4 Å². The van der Waals surface area contributed by atoms with Crippen molar-refractivity contribution in [2.75, 3.05) is 11.9 Å². The predicted molar refractivity (Wildman–Crippen MR) is 105 cm³/mol. The van der Waals surface area contributed by atoms with Crippen LogP contribution in [-0.4, -0.2) is 22.9 Å². The second kappa shape index (κ2) is 9.16. The molecule has 1 heterocycles. The third kappa shape index (κ3) is 5.81. The summed E-state index contributed by atoms with van der Waals surface area (Å²) in [5.74, 6) is 0.259. The number of hydrogen-bond donors (Lipinski definition) is 1. The van der Waals surface area contributed by atoms with Crippen molar-refractivity contribution in [3.05, 3.63) is 58.0 Å². The van der Waals surface area contributed by atoms with Crippen molar-refractivity contribution < 1.29 is 14.3 Å². The topological polar surface area (TPSA) is 77.4 Å². The van der Waals surface area contributed by atoms with Crippen LogP contribution >= 0.6 is 0 Å². The highest BCUT2D eigenvalue weighted by atomic mass is 16.5. The Hall–Kier alpha value is -2.89. The van der Waals surface area contributed by atoms with Crippen LogP contribution in [0.2, 0.25) is 0 Å². The summed E-state index contributed by atoms with van der Waals surface area (Å²) in [6.07, 6.45) is 2.73. The Morgan fingerprint density at radius 2 is 1.96 bits per heavy atom. The number of nitrogens with one attached hydrogen (secondary N) is 1. The number of carbonyl (C=O) groups is 2. The number of rotatable bonds is 8. The number of ketones is 1. The Morgan fingerprint density at radius 1 is 1.22 bits per heavy atom. The molecule has 0 saturated carbocycles. The minimum Gasteiger partial charge on any atom is -0.478 e. The van der Waals surface area contributed by atoms with Gasteiger partial charge in [-0.1, -0.05) is 26.0 Å². The minimum absolute atomic E-state index is 0.0794. The molecule has 0 radical (unpaired) electrons. The summed E-state index contributed by atoms with van der Waals surface area (Å²) >= 11 is 0. The third-order valence-electron chi connectivity index (χ3n) is 4.24. The van der Waals surface area contributed by atoms with Crippen LogP contribution in [0, 0.1) is 12.8 Å². The molecule has 6 heteroatoms. The molecule has 1 amide bonds. The van der Waals surface area contributed by atoms with Crippen LogP contribution in [0.3, 0.4) is 0 Å². The summed E-state index contributed by atoms with van der Waals surface area (Å²) in [6, 6.07) is 8.13. The van der Waals surface area contributed by atoms with Gasteiger partial charge in [0.2, 0.25) is 5.43 Å². The van der Waals surface area contributed by atoms with Crippen molar-refractivity contribution in [1.29, 1.82) is 0 Å². The molecule has 2 rings (SSSR count). The number of aryl methyl sites for hydroxylation is 1. The SMILES string of the molecule is CC(=O)c1cccc(NC(=O)COc2c(C)n(CCC(C)C)ccc2=O)c1. The van der Waals surface area contributed by atoms with Gasteiger partial charge in [-0.25, -0.2) is 0 Å². The zero-order valence-corrected chi connectivity index (χ0v) is 16.2. The molecular formula is C21H26N2O4. The van der Waals surface area contributed by atoms with E-state index in [9.17, 15) is 14.4 Å². The molecule has 144 valence electrons. The van der Waals surface area contributed by atoms with Gasteiger partial charge in [0.05, 0.1) is 5.69 Å². The number of carbonyl (C=O) groups excluding carboxylic acids is 2. The zero-order chi connectivity index (χ0) is 20.0. The summed E-state index contributed by atoms with van der Waals surface area (Å²) in [5.41, 5.74) is 1.48. The molecule has 1 N–H and O–H groups in total. The average Bonchev–Trinajstić information content (AvgIpc) is 2.61. The number of ether oxygens (including phenoxy) is 1. The van der Waals surface area contributed by atoms with Gasteiger partial charge in [-0.15, -0.1) is 0 Å². The molecule has 0 saturated heterocycles. The van der Waals surface area contributed by atoms with E-state index in [0.717, 1.165) is 13.0 Å². The van der Waals surface area contributed by atoms with Gasteiger partial charge in [0.15, 0.2) is 18.1 Å². The molecule has 1 aromatic carbocycles. The van der Waals surface area contributed by atoms with Crippen LogP contribution in [0.15, 0.2) is 41.3 Å². The maximum absolute atomic E-state index is 12.2. The summed E-state index contributed by atoms with van der Waals surface area (Å²) in [4.78, 5) is 35.7. The lowest BCUT2D eigenvalue weighted by Gasteiger charge is -2.15. The van der Waals surface area contributed by atoms with Gasteiger partial charge in [0.25, 0.3) is 5.91 Å². The molecule has 0 aliphatic heterocycles. The fourth-order valence-corrected chi connectivity index (χ4v) is 2.62. The van der Waals surface area contributed by atoms with E-state index in [0.29, 0.717) is 22.9 Å². The lowest BCUT2D eigenvalue weighted by Crippen LogP contribution is -2.24. The zero-order valence-electron chi connectivity index (χ0n) is 16.2. The van der Waals surface area contributed by atoms with Gasteiger partial charge in [-0.2, -0.15) is 0 Å². The largest absolute Gasteiger partial charge is 0.478 e. The number of pyridine rings is 1. The first-order valence-electron chi connectivity index (χ1n) is 9.01. The molecule has 6 nitrogen and oxygen atoms in total. The molecule has 0 aliphatic rings. The van der Waals surface area contributed by atoms with Gasteiger partial charge >= 0.3 is 0 Å². The van der Waals surface area contributed by atoms with Crippen LogP contribution in [0.1, 0.15) is 43.2 Å². The van der Waals surface area contributed by atoms with Gasteiger partial charge in [-0.3, -0.25) is 14.4 Å². The lowest BCUT2D eigenvalue weighted by molar-refractivity contribution is -0.118. The first-order valence-corrected chi connectivity index (χ1v) is 9.01. The van der Waals surface area contributed by atoms with E-state index in [4.69, 9.17) is 4.74 Å². The molecular weight excluding hydrogens is 344 g/mol. The summed E-state index contributed by atoms with van der Waals surface area (Å²) < 4.78 is 7.48. The smallest absolute Gasteiger partial charge is 0.262 e. The average molecular weight is 370 g/mol. The third-order valence-corrected chi connectivity index (χ3v) is 4.24. The molecule has 0 fully saturated rings. The Labute approximate surface area is 159 Å². The molecule has 0 unspecified atom stereocenters. The van der Waals surface area contributed by atoms with E-state index in [1.165, 1.54) is 13.0 Å². The molecule has 0 spiro atoms. The number of amides is 1. The maximum atomic E-state index is 12.2. The van der Waals surface area contributed by atoms with E-state index < -0.39 is 5.91 Å². The van der Waals surface area contributed by atoms with Crippen LogP contribution in [0.4, 0.5) is 5.69 Å². The van der Waals surface area contributed by atoms with Crippen LogP contribution in [-0.2, 0) is 11.3 Å². The van der Waals surface area contributed by atoms with E-state index >= 15 is 0 Å². The number of aromatic nitrogens is 1. The van der Waals surface area contributed by atoms with Gasteiger partial charge in [0, 0.05) is 30.1 Å². The van der Waals surface area contributed by atoms with Gasteiger partial charge in [-0.05, 0) is 38.3 Å². The van der Waals surface area contributed by atoms with Crippen LogP contribution < -0.4 is 15.5 Å². The van der Waals surface area contributed by atoms with Crippen LogP contribution in [0.5, 0.6) is 5.75 Å². The summed E-state index contributed by atoms with van der Waals surface area (Å²) in [5, 5.41) is 2.68. The Morgan fingerprint density at radius 3 is 2.63 bits per heavy atom. The van der Waals surface area contributed by atoms with Crippen LogP contribution in [0.25, 0.3) is 0 Å².